The second kappa shape index (κ2) is 7.06. The number of aromatic nitrogens is 4. The van der Waals surface area contributed by atoms with Crippen LogP contribution in [0.3, 0.4) is 0 Å². The monoisotopic (exact) mass is 377 g/mol. The van der Waals surface area contributed by atoms with Crippen molar-refractivity contribution in [2.45, 2.75) is 19.6 Å². The Balaban J connectivity index is 1.97. The second-order valence-corrected chi connectivity index (χ2v) is 5.55. The third-order valence-electron chi connectivity index (χ3n) is 3.71. The van der Waals surface area contributed by atoms with Crippen LogP contribution >= 0.6 is 0 Å². The van der Waals surface area contributed by atoms with Crippen LogP contribution in [0.2, 0.25) is 0 Å². The number of benzene rings is 1. The minimum atomic E-state index is -4.62. The van der Waals surface area contributed by atoms with Crippen LogP contribution in [0.1, 0.15) is 22.8 Å². The number of aromatic carboxylic acids is 1. The van der Waals surface area contributed by atoms with Crippen molar-refractivity contribution >= 4 is 17.6 Å². The predicted molar refractivity (Wildman–Crippen MR) is 90.6 cm³/mol. The van der Waals surface area contributed by atoms with E-state index in [9.17, 15) is 18.0 Å². The van der Waals surface area contributed by atoms with Crippen molar-refractivity contribution in [2.75, 3.05) is 5.32 Å². The number of hydrogen-bond acceptors (Lipinski definition) is 5. The third kappa shape index (κ3) is 4.05. The molecule has 10 heteroatoms. The molecule has 2 heterocycles. The summed E-state index contributed by atoms with van der Waals surface area (Å²) in [6, 6.07) is 5.67. The molecule has 0 saturated carbocycles. The quantitative estimate of drug-likeness (QED) is 0.702. The largest absolute Gasteiger partial charge is 0.478 e. The maximum Gasteiger partial charge on any atom is 0.419 e. The highest BCUT2D eigenvalue weighted by molar-refractivity contribution is 5.88. The lowest BCUT2D eigenvalue weighted by Crippen LogP contribution is -2.11. The Morgan fingerprint density at radius 2 is 1.93 bits per heavy atom. The van der Waals surface area contributed by atoms with E-state index in [1.807, 2.05) is 6.92 Å². The van der Waals surface area contributed by atoms with Crippen LogP contribution in [0.4, 0.5) is 24.8 Å². The Hall–Kier alpha value is -3.43. The van der Waals surface area contributed by atoms with Crippen molar-refractivity contribution in [1.29, 1.82) is 0 Å². The van der Waals surface area contributed by atoms with E-state index in [1.54, 1.807) is 0 Å². The lowest BCUT2D eigenvalue weighted by molar-refractivity contribution is -0.137. The molecule has 0 bridgehead atoms. The van der Waals surface area contributed by atoms with Gasteiger partial charge in [-0.1, -0.05) is 0 Å². The summed E-state index contributed by atoms with van der Waals surface area (Å²) in [6.45, 7) is 2.32. The van der Waals surface area contributed by atoms with Gasteiger partial charge in [-0.05, 0) is 31.2 Å². The van der Waals surface area contributed by atoms with Crippen LogP contribution in [-0.2, 0) is 12.7 Å². The van der Waals surface area contributed by atoms with Gasteiger partial charge in [-0.2, -0.15) is 18.3 Å². The van der Waals surface area contributed by atoms with E-state index >= 15 is 0 Å². The molecule has 0 spiro atoms. The molecule has 27 heavy (non-hydrogen) atoms. The van der Waals surface area contributed by atoms with Crippen molar-refractivity contribution in [2.24, 2.45) is 0 Å². The van der Waals surface area contributed by atoms with Crippen LogP contribution in [0, 0.1) is 0 Å². The summed E-state index contributed by atoms with van der Waals surface area (Å²) in [5, 5.41) is 15.7. The summed E-state index contributed by atoms with van der Waals surface area (Å²) in [5.74, 6) is -1.13. The summed E-state index contributed by atoms with van der Waals surface area (Å²) >= 11 is 0. The number of carboxylic acid groups (broad SMARTS) is 1. The van der Waals surface area contributed by atoms with E-state index in [4.69, 9.17) is 5.11 Å². The van der Waals surface area contributed by atoms with Gasteiger partial charge < -0.3 is 10.4 Å². The first-order chi connectivity index (χ1) is 12.8. The summed E-state index contributed by atoms with van der Waals surface area (Å²) in [7, 11) is 0. The highest BCUT2D eigenvalue weighted by Crippen LogP contribution is 2.36. The molecule has 0 amide bonds. The average molecular weight is 377 g/mol. The minimum absolute atomic E-state index is 0.0506. The lowest BCUT2D eigenvalue weighted by Gasteiger charge is -2.12. The number of hydrogen-bond donors (Lipinski definition) is 2. The Bertz CT molecular complexity index is 967. The topological polar surface area (TPSA) is 92.9 Å². The van der Waals surface area contributed by atoms with Gasteiger partial charge in [-0.3, -0.25) is 4.68 Å². The Kier molecular flexibility index (Phi) is 4.80. The smallest absolute Gasteiger partial charge is 0.419 e. The highest BCUT2D eigenvalue weighted by Gasteiger charge is 2.35. The van der Waals surface area contributed by atoms with Gasteiger partial charge in [0.25, 0.3) is 0 Å². The van der Waals surface area contributed by atoms with Crippen LogP contribution in [0.5, 0.6) is 0 Å². The van der Waals surface area contributed by atoms with E-state index in [0.717, 1.165) is 0 Å². The second-order valence-electron chi connectivity index (χ2n) is 5.55. The van der Waals surface area contributed by atoms with E-state index < -0.39 is 17.7 Å². The fourth-order valence-electron chi connectivity index (χ4n) is 2.35. The molecule has 0 aliphatic rings. The fourth-order valence-corrected chi connectivity index (χ4v) is 2.35. The molecular formula is C17H14F3N5O2. The molecule has 0 saturated heterocycles. The Morgan fingerprint density at radius 1 is 1.22 bits per heavy atom. The summed E-state index contributed by atoms with van der Waals surface area (Å²) in [4.78, 5) is 18.6. The number of carboxylic acids is 1. The van der Waals surface area contributed by atoms with Gasteiger partial charge in [-0.25, -0.2) is 14.8 Å². The number of nitrogens with zero attached hydrogens (tertiary/aromatic N) is 4. The molecule has 0 atom stereocenters. The molecule has 1 aromatic carbocycles. The van der Waals surface area contributed by atoms with Crippen LogP contribution < -0.4 is 5.32 Å². The molecule has 2 aromatic heterocycles. The number of rotatable bonds is 5. The van der Waals surface area contributed by atoms with Crippen molar-refractivity contribution in [3.05, 3.63) is 54.0 Å². The normalized spacial score (nSPS) is 11.4. The summed E-state index contributed by atoms with van der Waals surface area (Å²) in [6.07, 6.45) is -1.12. The number of anilines is 2. The standard InChI is InChI=1S/C17H14F3N5O2/c1-2-25-9-11(7-22-25)14-13(17(18,19)20)8-21-16(24-14)23-12-5-3-10(4-6-12)15(26)27/h3-9H,2H2,1H3,(H,26,27)(H,21,23,24). The summed E-state index contributed by atoms with van der Waals surface area (Å²) < 4.78 is 41.4. The van der Waals surface area contributed by atoms with Crippen LogP contribution in [0.25, 0.3) is 11.3 Å². The van der Waals surface area contributed by atoms with E-state index in [2.05, 4.69) is 20.4 Å². The highest BCUT2D eigenvalue weighted by atomic mass is 19.4. The number of halogens is 3. The molecular weight excluding hydrogens is 363 g/mol. The van der Waals surface area contributed by atoms with Gasteiger partial charge in [0.1, 0.15) is 5.56 Å². The molecule has 0 fully saturated rings. The zero-order valence-electron chi connectivity index (χ0n) is 14.0. The first-order valence-electron chi connectivity index (χ1n) is 7.85. The van der Waals surface area contributed by atoms with Gasteiger partial charge in [0.2, 0.25) is 5.95 Å². The molecule has 3 rings (SSSR count). The van der Waals surface area contributed by atoms with Crippen LogP contribution in [0.15, 0.2) is 42.9 Å². The molecule has 2 N–H and O–H groups in total. The van der Waals surface area contributed by atoms with Crippen molar-refractivity contribution in [1.82, 2.24) is 19.7 Å². The maximum atomic E-state index is 13.3. The first-order valence-corrected chi connectivity index (χ1v) is 7.85. The zero-order valence-corrected chi connectivity index (χ0v) is 14.0. The summed E-state index contributed by atoms with van der Waals surface area (Å²) in [5.41, 5.74) is -0.515. The van der Waals surface area contributed by atoms with Gasteiger partial charge in [0.05, 0.1) is 17.5 Å². The Morgan fingerprint density at radius 3 is 2.48 bits per heavy atom. The first kappa shape index (κ1) is 18.4. The molecule has 0 aliphatic carbocycles. The lowest BCUT2D eigenvalue weighted by atomic mass is 10.1. The van der Waals surface area contributed by atoms with Crippen LogP contribution in [-0.4, -0.2) is 30.8 Å². The molecule has 3 aromatic rings. The molecule has 0 unspecified atom stereocenters. The fraction of sp³-hybridized carbons (Fsp3) is 0.176. The molecule has 140 valence electrons. The maximum absolute atomic E-state index is 13.3. The predicted octanol–water partition coefficient (Wildman–Crippen LogP) is 3.82. The van der Waals surface area contributed by atoms with E-state index in [-0.39, 0.29) is 22.8 Å². The van der Waals surface area contributed by atoms with Gasteiger partial charge in [-0.15, -0.1) is 0 Å². The van der Waals surface area contributed by atoms with E-state index in [1.165, 1.54) is 41.3 Å². The van der Waals surface area contributed by atoms with Crippen molar-refractivity contribution < 1.29 is 23.1 Å². The van der Waals surface area contributed by atoms with E-state index in [0.29, 0.717) is 18.4 Å². The van der Waals surface area contributed by atoms with Gasteiger partial charge >= 0.3 is 12.1 Å². The number of carbonyl (C=O) groups is 1. The number of nitrogens with one attached hydrogen (secondary N) is 1. The number of aryl methyl sites for hydroxylation is 1. The molecule has 0 aliphatic heterocycles. The molecule has 7 nitrogen and oxygen atoms in total. The number of alkyl halides is 3. The third-order valence-corrected chi connectivity index (χ3v) is 3.71. The zero-order chi connectivity index (χ0) is 19.6. The van der Waals surface area contributed by atoms with Gasteiger partial charge in [0.15, 0.2) is 0 Å². The SMILES string of the molecule is CCn1cc(-c2nc(Nc3ccc(C(=O)O)cc3)ncc2C(F)(F)F)cn1. The van der Waals surface area contributed by atoms with Crippen molar-refractivity contribution in [3.63, 3.8) is 0 Å². The van der Waals surface area contributed by atoms with Gasteiger partial charge in [0, 0.05) is 30.2 Å². The average Bonchev–Trinajstić information content (AvgIpc) is 3.10. The molecule has 0 radical (unpaired) electrons. The minimum Gasteiger partial charge on any atom is -0.478 e. The Labute approximate surface area is 151 Å². The van der Waals surface area contributed by atoms with Crippen molar-refractivity contribution in [3.8, 4) is 11.3 Å².